The molecule has 1 fully saturated rings. The summed E-state index contributed by atoms with van der Waals surface area (Å²) in [5.74, 6) is 0.328. The molecule has 8 nitrogen and oxygen atoms in total. The fourth-order valence-electron chi connectivity index (χ4n) is 4.60. The van der Waals surface area contributed by atoms with Crippen LogP contribution in [0.15, 0.2) is 72.3 Å². The second-order valence-corrected chi connectivity index (χ2v) is 10.8. The maximum atomic E-state index is 13.6. The van der Waals surface area contributed by atoms with E-state index in [0.717, 1.165) is 11.1 Å². The van der Waals surface area contributed by atoms with E-state index in [1.54, 1.807) is 61.7 Å². The van der Waals surface area contributed by atoms with Crippen molar-refractivity contribution in [3.8, 4) is 17.2 Å². The summed E-state index contributed by atoms with van der Waals surface area (Å²) in [5.41, 5.74) is 1.64. The minimum atomic E-state index is -0.943. The average Bonchev–Trinajstić information content (AvgIpc) is 3.50. The Kier molecular flexibility index (Phi) is 7.75. The molecule has 5 rings (SSSR count). The lowest BCUT2D eigenvalue weighted by molar-refractivity contribution is -0.132. The van der Waals surface area contributed by atoms with Gasteiger partial charge in [0.1, 0.15) is 11.5 Å². The summed E-state index contributed by atoms with van der Waals surface area (Å²) in [5, 5.41) is 11.7. The fraction of sp³-hybridized carbons (Fsp3) is 0.258. The highest BCUT2D eigenvalue weighted by Crippen LogP contribution is 2.46. The molecule has 4 aromatic rings. The molecule has 1 aliphatic heterocycles. The van der Waals surface area contributed by atoms with E-state index in [4.69, 9.17) is 14.2 Å². The number of Topliss-reactive ketones (excluding diaryl/α,β-unsaturated/α-hetero) is 1. The van der Waals surface area contributed by atoms with Gasteiger partial charge in [-0.25, -0.2) is 4.98 Å². The number of nitrogens with zero attached hydrogens (tertiary/aromatic N) is 2. The number of benzene rings is 3. The molecule has 1 unspecified atom stereocenters. The molecule has 206 valence electrons. The quantitative estimate of drug-likeness (QED) is 0.145. The van der Waals surface area contributed by atoms with E-state index in [0.29, 0.717) is 51.5 Å². The lowest BCUT2D eigenvalue weighted by atomic mass is 9.95. The number of ether oxygens (including phenoxy) is 3. The van der Waals surface area contributed by atoms with Crippen molar-refractivity contribution < 1.29 is 28.9 Å². The Morgan fingerprint density at radius 1 is 1.00 bits per heavy atom. The molecule has 40 heavy (non-hydrogen) atoms. The Morgan fingerprint density at radius 2 is 1.77 bits per heavy atom. The first-order valence-corrected chi connectivity index (χ1v) is 13.8. The predicted octanol–water partition coefficient (Wildman–Crippen LogP) is 6.36. The Labute approximate surface area is 236 Å². The van der Waals surface area contributed by atoms with Crippen LogP contribution in [0, 0.1) is 5.92 Å². The number of rotatable bonds is 9. The van der Waals surface area contributed by atoms with E-state index in [9.17, 15) is 14.7 Å². The van der Waals surface area contributed by atoms with Crippen molar-refractivity contribution in [2.75, 3.05) is 25.7 Å². The molecule has 3 aromatic carbocycles. The van der Waals surface area contributed by atoms with Crippen LogP contribution >= 0.6 is 11.3 Å². The second kappa shape index (κ2) is 11.4. The molecule has 0 bridgehead atoms. The summed E-state index contributed by atoms with van der Waals surface area (Å²) in [4.78, 5) is 33.1. The maximum Gasteiger partial charge on any atom is 0.301 e. The van der Waals surface area contributed by atoms with Crippen LogP contribution < -0.4 is 19.1 Å². The second-order valence-electron chi connectivity index (χ2n) is 9.81. The first-order valence-electron chi connectivity index (χ1n) is 12.9. The number of carbonyl (C=O) groups is 2. The van der Waals surface area contributed by atoms with Crippen LogP contribution in [-0.4, -0.2) is 42.6 Å². The summed E-state index contributed by atoms with van der Waals surface area (Å²) in [6, 6.07) is 18.5. The molecule has 1 aromatic heterocycles. The smallest absolute Gasteiger partial charge is 0.301 e. The van der Waals surface area contributed by atoms with E-state index in [1.807, 2.05) is 12.1 Å². The molecule has 1 atom stereocenters. The zero-order valence-corrected chi connectivity index (χ0v) is 23.5. The zero-order chi connectivity index (χ0) is 28.4. The van der Waals surface area contributed by atoms with Gasteiger partial charge in [-0.15, -0.1) is 0 Å². The van der Waals surface area contributed by atoms with Gasteiger partial charge in [0.25, 0.3) is 5.78 Å². The van der Waals surface area contributed by atoms with Gasteiger partial charge in [-0.3, -0.25) is 14.5 Å². The number of carbonyl (C=O) groups excluding carboxylic acids is 2. The van der Waals surface area contributed by atoms with Crippen molar-refractivity contribution in [3.63, 3.8) is 0 Å². The van der Waals surface area contributed by atoms with E-state index < -0.39 is 17.7 Å². The number of aliphatic hydroxyl groups is 1. The van der Waals surface area contributed by atoms with Gasteiger partial charge in [-0.2, -0.15) is 0 Å². The van der Waals surface area contributed by atoms with E-state index in [2.05, 4.69) is 18.8 Å². The number of hydrogen-bond donors (Lipinski definition) is 1. The Morgan fingerprint density at radius 3 is 2.48 bits per heavy atom. The molecule has 1 aliphatic rings. The lowest BCUT2D eigenvalue weighted by Crippen LogP contribution is -2.29. The average molecular weight is 559 g/mol. The Bertz CT molecular complexity index is 1590. The lowest BCUT2D eigenvalue weighted by Gasteiger charge is -2.24. The van der Waals surface area contributed by atoms with Crippen molar-refractivity contribution in [2.24, 2.45) is 5.92 Å². The van der Waals surface area contributed by atoms with Gasteiger partial charge in [-0.05, 0) is 48.2 Å². The number of methoxy groups -OCH3 is 2. The van der Waals surface area contributed by atoms with Gasteiger partial charge >= 0.3 is 5.91 Å². The zero-order valence-electron chi connectivity index (χ0n) is 22.7. The third kappa shape index (κ3) is 5.12. The number of thiazole rings is 1. The van der Waals surface area contributed by atoms with Crippen LogP contribution in [0.1, 0.15) is 37.4 Å². The standard InChI is InChI=1S/C31H30N2O6S/c1-18(2)14-15-39-23-13-10-20(16-24(23)38-4)27-26(28(34)19-8-6-5-7-9-19)29(35)30(36)33(27)31-32-22-12-11-21(37-3)17-25(22)40-31/h5-13,16-18,27,34H,14-15H2,1-4H3/b28-26+. The molecular formula is C31H30N2O6S. The normalized spacial score (nSPS) is 16.6. The predicted molar refractivity (Wildman–Crippen MR) is 155 cm³/mol. The maximum absolute atomic E-state index is 13.6. The minimum Gasteiger partial charge on any atom is -0.507 e. The highest BCUT2D eigenvalue weighted by Gasteiger charge is 2.48. The fourth-order valence-corrected chi connectivity index (χ4v) is 5.62. The number of amides is 1. The highest BCUT2D eigenvalue weighted by atomic mass is 32.1. The number of fused-ring (bicyclic) bond motifs is 1. The minimum absolute atomic E-state index is 0.0245. The van der Waals surface area contributed by atoms with Gasteiger partial charge in [0.15, 0.2) is 16.6 Å². The third-order valence-electron chi connectivity index (χ3n) is 6.74. The molecule has 1 N–H and O–H groups in total. The SMILES string of the molecule is COc1ccc2nc(N3C(=O)C(=O)/C(=C(/O)c4ccccc4)C3c3ccc(OCCC(C)C)c(OC)c3)sc2c1. The number of ketones is 1. The summed E-state index contributed by atoms with van der Waals surface area (Å²) < 4.78 is 17.7. The van der Waals surface area contributed by atoms with Crippen molar-refractivity contribution in [2.45, 2.75) is 26.3 Å². The number of anilines is 1. The van der Waals surface area contributed by atoms with Crippen LogP contribution in [0.2, 0.25) is 0 Å². The Balaban J connectivity index is 1.65. The number of aliphatic hydroxyl groups excluding tert-OH is 1. The molecule has 0 aliphatic carbocycles. The summed E-state index contributed by atoms with van der Waals surface area (Å²) in [6.07, 6.45) is 0.880. The van der Waals surface area contributed by atoms with Gasteiger partial charge in [0, 0.05) is 5.56 Å². The van der Waals surface area contributed by atoms with Gasteiger partial charge in [0.2, 0.25) is 0 Å². The Hall–Kier alpha value is -4.37. The van der Waals surface area contributed by atoms with Crippen LogP contribution in [0.5, 0.6) is 17.2 Å². The van der Waals surface area contributed by atoms with Crippen molar-refractivity contribution >= 4 is 44.1 Å². The van der Waals surface area contributed by atoms with Crippen LogP contribution in [-0.2, 0) is 9.59 Å². The molecule has 9 heteroatoms. The summed E-state index contributed by atoms with van der Waals surface area (Å²) >= 11 is 1.27. The molecule has 0 saturated carbocycles. The van der Waals surface area contributed by atoms with Gasteiger partial charge < -0.3 is 19.3 Å². The molecule has 2 heterocycles. The van der Waals surface area contributed by atoms with Crippen LogP contribution in [0.3, 0.4) is 0 Å². The van der Waals surface area contributed by atoms with E-state index in [-0.39, 0.29) is 11.3 Å². The van der Waals surface area contributed by atoms with Crippen molar-refractivity contribution in [3.05, 3.63) is 83.4 Å². The highest BCUT2D eigenvalue weighted by molar-refractivity contribution is 7.22. The summed E-state index contributed by atoms with van der Waals surface area (Å²) in [6.45, 7) is 4.77. The first kappa shape index (κ1) is 27.2. The largest absolute Gasteiger partial charge is 0.507 e. The first-order chi connectivity index (χ1) is 19.3. The van der Waals surface area contributed by atoms with E-state index in [1.165, 1.54) is 23.3 Å². The van der Waals surface area contributed by atoms with Crippen LogP contribution in [0.4, 0.5) is 5.13 Å². The monoisotopic (exact) mass is 558 g/mol. The van der Waals surface area contributed by atoms with E-state index >= 15 is 0 Å². The molecule has 0 spiro atoms. The van der Waals surface area contributed by atoms with Crippen molar-refractivity contribution in [1.29, 1.82) is 0 Å². The molecule has 1 amide bonds. The van der Waals surface area contributed by atoms with Gasteiger partial charge in [0.05, 0.1) is 42.7 Å². The number of hydrogen-bond acceptors (Lipinski definition) is 8. The van der Waals surface area contributed by atoms with Crippen LogP contribution in [0.25, 0.3) is 16.0 Å². The summed E-state index contributed by atoms with van der Waals surface area (Å²) in [7, 11) is 3.12. The molecule has 1 saturated heterocycles. The number of aromatic nitrogens is 1. The third-order valence-corrected chi connectivity index (χ3v) is 7.76. The molecule has 0 radical (unpaired) electrons. The van der Waals surface area contributed by atoms with Gasteiger partial charge in [-0.1, -0.05) is 61.6 Å². The van der Waals surface area contributed by atoms with Crippen molar-refractivity contribution in [1.82, 2.24) is 4.98 Å². The molecular weight excluding hydrogens is 528 g/mol. The topological polar surface area (TPSA) is 98.2 Å².